The summed E-state index contributed by atoms with van der Waals surface area (Å²) in [4.78, 5) is 7.09. The van der Waals surface area contributed by atoms with Crippen LogP contribution in [0, 0.1) is 5.92 Å². The Hall–Kier alpha value is -0.770. The highest BCUT2D eigenvalue weighted by Gasteiger charge is 2.06. The van der Waals surface area contributed by atoms with Crippen molar-refractivity contribution in [3.8, 4) is 0 Å². The van der Waals surface area contributed by atoms with Gasteiger partial charge in [0.25, 0.3) is 0 Å². The van der Waals surface area contributed by atoms with Gasteiger partial charge in [-0.3, -0.25) is 4.99 Å². The van der Waals surface area contributed by atoms with Crippen LogP contribution in [0.2, 0.25) is 0 Å². The minimum Gasteiger partial charge on any atom is -0.357 e. The molecule has 0 aromatic carbocycles. The van der Waals surface area contributed by atoms with Crippen molar-refractivity contribution in [2.45, 2.75) is 60.4 Å². The molecule has 0 aliphatic carbocycles. The van der Waals surface area contributed by atoms with Crippen LogP contribution in [0.15, 0.2) is 4.99 Å². The van der Waals surface area contributed by atoms with E-state index in [1.54, 1.807) is 0 Å². The van der Waals surface area contributed by atoms with Crippen LogP contribution in [0.25, 0.3) is 0 Å². The van der Waals surface area contributed by atoms with Gasteiger partial charge in [-0.25, -0.2) is 0 Å². The van der Waals surface area contributed by atoms with Gasteiger partial charge in [0, 0.05) is 19.1 Å². The van der Waals surface area contributed by atoms with Crippen molar-refractivity contribution in [2.75, 3.05) is 32.7 Å². The van der Waals surface area contributed by atoms with Crippen molar-refractivity contribution >= 4 is 5.96 Å². The molecule has 0 aromatic heterocycles. The van der Waals surface area contributed by atoms with Crippen LogP contribution < -0.4 is 10.6 Å². The number of rotatable bonds is 10. The minimum absolute atomic E-state index is 0.468. The maximum absolute atomic E-state index is 4.61. The van der Waals surface area contributed by atoms with E-state index in [0.29, 0.717) is 12.0 Å². The van der Waals surface area contributed by atoms with Crippen molar-refractivity contribution in [3.63, 3.8) is 0 Å². The maximum atomic E-state index is 4.61. The fourth-order valence-electron chi connectivity index (χ4n) is 2.06. The van der Waals surface area contributed by atoms with Crippen molar-refractivity contribution in [2.24, 2.45) is 10.9 Å². The molecular weight excluding hydrogens is 248 g/mol. The molecule has 2 N–H and O–H groups in total. The van der Waals surface area contributed by atoms with Crippen molar-refractivity contribution in [1.82, 2.24) is 15.5 Å². The monoisotopic (exact) mass is 284 g/mol. The van der Waals surface area contributed by atoms with E-state index in [1.165, 1.54) is 19.4 Å². The predicted octanol–water partition coefficient (Wildman–Crippen LogP) is 2.71. The summed E-state index contributed by atoms with van der Waals surface area (Å²) in [6.07, 6.45) is 2.42. The second-order valence-corrected chi connectivity index (χ2v) is 5.83. The van der Waals surface area contributed by atoms with Crippen LogP contribution >= 0.6 is 0 Å². The first kappa shape index (κ1) is 19.2. The highest BCUT2D eigenvalue weighted by molar-refractivity contribution is 5.80. The van der Waals surface area contributed by atoms with Crippen LogP contribution in [0.1, 0.15) is 54.4 Å². The fraction of sp³-hybridized carbons (Fsp3) is 0.938. The summed E-state index contributed by atoms with van der Waals surface area (Å²) in [6, 6.07) is 0.468. The quantitative estimate of drug-likeness (QED) is 0.479. The summed E-state index contributed by atoms with van der Waals surface area (Å²) < 4.78 is 0. The third kappa shape index (κ3) is 10.1. The number of guanidine groups is 1. The molecule has 0 aromatic rings. The fourth-order valence-corrected chi connectivity index (χ4v) is 2.06. The van der Waals surface area contributed by atoms with E-state index >= 15 is 0 Å². The lowest BCUT2D eigenvalue weighted by atomic mass is 10.2. The van der Waals surface area contributed by atoms with Crippen LogP contribution in [0.5, 0.6) is 0 Å². The maximum Gasteiger partial charge on any atom is 0.191 e. The van der Waals surface area contributed by atoms with Gasteiger partial charge in [-0.15, -0.1) is 0 Å². The van der Waals surface area contributed by atoms with Gasteiger partial charge in [0.05, 0.1) is 0 Å². The molecule has 0 saturated carbocycles. The first-order valence-electron chi connectivity index (χ1n) is 8.30. The Kier molecular flexibility index (Phi) is 11.5. The van der Waals surface area contributed by atoms with Gasteiger partial charge in [-0.05, 0) is 52.2 Å². The molecule has 0 saturated heterocycles. The van der Waals surface area contributed by atoms with E-state index < -0.39 is 0 Å². The Morgan fingerprint density at radius 2 is 1.75 bits per heavy atom. The zero-order valence-electron chi connectivity index (χ0n) is 14.5. The van der Waals surface area contributed by atoms with Gasteiger partial charge in [0.2, 0.25) is 0 Å². The molecule has 0 amide bonds. The van der Waals surface area contributed by atoms with Crippen LogP contribution in [-0.4, -0.2) is 49.6 Å². The normalized spacial score (nSPS) is 13.9. The number of nitrogens with zero attached hydrogens (tertiary/aromatic N) is 2. The summed E-state index contributed by atoms with van der Waals surface area (Å²) in [5.74, 6) is 1.56. The van der Waals surface area contributed by atoms with Crippen molar-refractivity contribution in [3.05, 3.63) is 0 Å². The molecule has 120 valence electrons. The third-order valence-corrected chi connectivity index (χ3v) is 3.35. The number of hydrogen-bond donors (Lipinski definition) is 2. The van der Waals surface area contributed by atoms with Gasteiger partial charge in [0.15, 0.2) is 5.96 Å². The smallest absolute Gasteiger partial charge is 0.191 e. The zero-order chi connectivity index (χ0) is 15.4. The summed E-state index contributed by atoms with van der Waals surface area (Å²) in [5.41, 5.74) is 0. The molecule has 0 heterocycles. The predicted molar refractivity (Wildman–Crippen MR) is 90.4 cm³/mol. The summed E-state index contributed by atoms with van der Waals surface area (Å²) in [7, 11) is 0. The minimum atomic E-state index is 0.468. The molecule has 0 rings (SSSR count). The van der Waals surface area contributed by atoms with Gasteiger partial charge in [0.1, 0.15) is 0 Å². The van der Waals surface area contributed by atoms with Crippen LogP contribution in [-0.2, 0) is 0 Å². The summed E-state index contributed by atoms with van der Waals surface area (Å²) >= 11 is 0. The number of hydrogen-bond acceptors (Lipinski definition) is 2. The van der Waals surface area contributed by atoms with Crippen molar-refractivity contribution in [1.29, 1.82) is 0 Å². The molecule has 0 aliphatic heterocycles. The number of nitrogens with one attached hydrogen (secondary N) is 2. The molecule has 4 nitrogen and oxygen atoms in total. The lowest BCUT2D eigenvalue weighted by Gasteiger charge is -2.21. The molecule has 0 radical (unpaired) electrons. The van der Waals surface area contributed by atoms with Crippen molar-refractivity contribution < 1.29 is 0 Å². The van der Waals surface area contributed by atoms with Gasteiger partial charge in [-0.2, -0.15) is 0 Å². The average molecular weight is 284 g/mol. The van der Waals surface area contributed by atoms with E-state index in [0.717, 1.165) is 32.1 Å². The Labute approximate surface area is 126 Å². The summed E-state index contributed by atoms with van der Waals surface area (Å²) in [5, 5.41) is 6.82. The first-order valence-corrected chi connectivity index (χ1v) is 8.30. The molecule has 4 heteroatoms. The highest BCUT2D eigenvalue weighted by Crippen LogP contribution is 2.00. The standard InChI is InChI=1S/C16H36N4/c1-7-17-16(18-13-14(4)5)19-15(6)11-10-12-20(8-2)9-3/h14-15H,7-13H2,1-6H3,(H2,17,18,19). The molecule has 0 bridgehead atoms. The molecule has 0 spiro atoms. The highest BCUT2D eigenvalue weighted by atomic mass is 15.2. The molecular formula is C16H36N4. The van der Waals surface area contributed by atoms with E-state index in [-0.39, 0.29) is 0 Å². The van der Waals surface area contributed by atoms with E-state index in [4.69, 9.17) is 0 Å². The average Bonchev–Trinajstić information content (AvgIpc) is 2.41. The SMILES string of the molecule is CCNC(=NCC(C)C)NC(C)CCCN(CC)CC. The largest absolute Gasteiger partial charge is 0.357 e. The van der Waals surface area contributed by atoms with Crippen LogP contribution in [0.4, 0.5) is 0 Å². The van der Waals surface area contributed by atoms with E-state index in [2.05, 4.69) is 62.1 Å². The second-order valence-electron chi connectivity index (χ2n) is 5.83. The summed E-state index contributed by atoms with van der Waals surface area (Å²) in [6.45, 7) is 18.5. The Balaban J connectivity index is 4.06. The van der Waals surface area contributed by atoms with Gasteiger partial charge >= 0.3 is 0 Å². The first-order chi connectivity index (χ1) is 9.53. The Morgan fingerprint density at radius 1 is 1.10 bits per heavy atom. The molecule has 1 unspecified atom stereocenters. The molecule has 0 aliphatic rings. The lowest BCUT2D eigenvalue weighted by Crippen LogP contribution is -2.42. The zero-order valence-corrected chi connectivity index (χ0v) is 14.5. The van der Waals surface area contributed by atoms with E-state index in [1.807, 2.05) is 0 Å². The van der Waals surface area contributed by atoms with E-state index in [9.17, 15) is 0 Å². The second kappa shape index (κ2) is 12.0. The third-order valence-electron chi connectivity index (χ3n) is 3.35. The Bertz CT molecular complexity index is 247. The Morgan fingerprint density at radius 3 is 2.25 bits per heavy atom. The molecule has 20 heavy (non-hydrogen) atoms. The lowest BCUT2D eigenvalue weighted by molar-refractivity contribution is 0.292. The molecule has 1 atom stereocenters. The van der Waals surface area contributed by atoms with Crippen LogP contribution in [0.3, 0.4) is 0 Å². The number of aliphatic imine (C=N–C) groups is 1. The topological polar surface area (TPSA) is 39.7 Å². The van der Waals surface area contributed by atoms with Gasteiger partial charge in [-0.1, -0.05) is 27.7 Å². The molecule has 0 fully saturated rings. The van der Waals surface area contributed by atoms with Gasteiger partial charge < -0.3 is 15.5 Å².